The smallest absolute Gasteiger partial charge is 0.0963 e. The van der Waals surface area contributed by atoms with E-state index in [1.165, 1.54) is 0 Å². The summed E-state index contributed by atoms with van der Waals surface area (Å²) in [5.41, 5.74) is 6.56. The van der Waals surface area contributed by atoms with Crippen molar-refractivity contribution < 1.29 is 0 Å². The Labute approximate surface area is 132 Å². The third-order valence-electron chi connectivity index (χ3n) is 4.35. The molecule has 21 heavy (non-hydrogen) atoms. The van der Waals surface area contributed by atoms with Gasteiger partial charge in [0.05, 0.1) is 16.5 Å². The molecule has 1 aliphatic rings. The van der Waals surface area contributed by atoms with Gasteiger partial charge in [-0.15, -0.1) is 0 Å². The first-order valence-corrected chi connectivity index (χ1v) is 7.84. The van der Waals surface area contributed by atoms with E-state index >= 15 is 0 Å². The molecule has 0 saturated carbocycles. The minimum atomic E-state index is -0.208. The second-order valence-corrected chi connectivity index (χ2v) is 6.73. The zero-order valence-electron chi connectivity index (χ0n) is 12.9. The fourth-order valence-corrected chi connectivity index (χ4v) is 2.75. The van der Waals surface area contributed by atoms with E-state index in [2.05, 4.69) is 15.9 Å². The van der Waals surface area contributed by atoms with Crippen LogP contribution in [0.2, 0.25) is 5.02 Å². The Kier molecular flexibility index (Phi) is 5.12. The minimum Gasteiger partial charge on any atom is -0.387 e. The van der Waals surface area contributed by atoms with Crippen LogP contribution in [0.5, 0.6) is 0 Å². The van der Waals surface area contributed by atoms with E-state index in [0.29, 0.717) is 0 Å². The highest BCUT2D eigenvalue weighted by atomic mass is 35.5. The fourth-order valence-electron chi connectivity index (χ4n) is 2.49. The summed E-state index contributed by atoms with van der Waals surface area (Å²) >= 11 is 6.26. The minimum absolute atomic E-state index is 0.208. The molecule has 1 saturated heterocycles. The molecule has 0 amide bonds. The van der Waals surface area contributed by atoms with Gasteiger partial charge in [-0.1, -0.05) is 37.6 Å². The first-order chi connectivity index (χ1) is 9.90. The molecule has 1 aromatic carbocycles. The van der Waals surface area contributed by atoms with Crippen molar-refractivity contribution in [3.63, 3.8) is 0 Å². The highest BCUT2D eigenvalue weighted by molar-refractivity contribution is 6.33. The SMILES string of the molecule is CC(C)(CCN1CCN(c2ccccc2Cl)CC1)C(=N)N. The van der Waals surface area contributed by atoms with E-state index in [0.717, 1.165) is 49.9 Å². The molecule has 5 heteroatoms. The molecule has 1 fully saturated rings. The molecular weight excluding hydrogens is 284 g/mol. The number of nitrogens with one attached hydrogen (secondary N) is 1. The summed E-state index contributed by atoms with van der Waals surface area (Å²) in [6, 6.07) is 8.02. The molecule has 0 radical (unpaired) electrons. The zero-order chi connectivity index (χ0) is 15.5. The van der Waals surface area contributed by atoms with Gasteiger partial charge in [0, 0.05) is 31.6 Å². The van der Waals surface area contributed by atoms with E-state index in [-0.39, 0.29) is 11.3 Å². The van der Waals surface area contributed by atoms with Crippen LogP contribution in [-0.4, -0.2) is 43.5 Å². The van der Waals surface area contributed by atoms with Crippen molar-refractivity contribution in [2.45, 2.75) is 20.3 Å². The van der Waals surface area contributed by atoms with Crippen molar-refractivity contribution in [1.29, 1.82) is 5.41 Å². The highest BCUT2D eigenvalue weighted by Gasteiger charge is 2.24. The highest BCUT2D eigenvalue weighted by Crippen LogP contribution is 2.26. The van der Waals surface area contributed by atoms with Gasteiger partial charge in [-0.05, 0) is 25.1 Å². The van der Waals surface area contributed by atoms with E-state index in [1.807, 2.05) is 32.0 Å². The summed E-state index contributed by atoms with van der Waals surface area (Å²) < 4.78 is 0. The van der Waals surface area contributed by atoms with Gasteiger partial charge < -0.3 is 10.6 Å². The van der Waals surface area contributed by atoms with Crippen molar-refractivity contribution in [2.24, 2.45) is 11.1 Å². The molecule has 0 aromatic heterocycles. The monoisotopic (exact) mass is 308 g/mol. The summed E-state index contributed by atoms with van der Waals surface area (Å²) in [7, 11) is 0. The molecule has 1 aliphatic heterocycles. The number of benzene rings is 1. The van der Waals surface area contributed by atoms with Gasteiger partial charge in [0.1, 0.15) is 0 Å². The van der Waals surface area contributed by atoms with Gasteiger partial charge in [0.2, 0.25) is 0 Å². The molecule has 1 aromatic rings. The molecular formula is C16H25ClN4. The van der Waals surface area contributed by atoms with Crippen LogP contribution in [0.3, 0.4) is 0 Å². The first kappa shape index (κ1) is 16.1. The number of nitrogens with zero attached hydrogens (tertiary/aromatic N) is 2. The van der Waals surface area contributed by atoms with Crippen LogP contribution in [0.1, 0.15) is 20.3 Å². The van der Waals surface area contributed by atoms with Crippen LogP contribution in [0.15, 0.2) is 24.3 Å². The topological polar surface area (TPSA) is 56.4 Å². The molecule has 0 aliphatic carbocycles. The third-order valence-corrected chi connectivity index (χ3v) is 4.67. The Morgan fingerprint density at radius 1 is 1.24 bits per heavy atom. The van der Waals surface area contributed by atoms with Crippen molar-refractivity contribution in [3.8, 4) is 0 Å². The fraction of sp³-hybridized carbons (Fsp3) is 0.562. The average molecular weight is 309 g/mol. The van der Waals surface area contributed by atoms with E-state index < -0.39 is 0 Å². The first-order valence-electron chi connectivity index (χ1n) is 7.46. The second-order valence-electron chi connectivity index (χ2n) is 6.33. The number of nitrogens with two attached hydrogens (primary N) is 1. The average Bonchev–Trinajstić information content (AvgIpc) is 2.46. The lowest BCUT2D eigenvalue weighted by atomic mass is 9.88. The standard InChI is InChI=1S/C16H25ClN4/c1-16(2,15(18)19)7-8-20-9-11-21(12-10-20)14-6-4-3-5-13(14)17/h3-6H,7-12H2,1-2H3,(H3,18,19). The molecule has 0 atom stereocenters. The van der Waals surface area contributed by atoms with Crippen LogP contribution in [0.25, 0.3) is 0 Å². The van der Waals surface area contributed by atoms with Gasteiger partial charge >= 0.3 is 0 Å². The molecule has 0 spiro atoms. The number of hydrogen-bond acceptors (Lipinski definition) is 3. The van der Waals surface area contributed by atoms with Crippen LogP contribution >= 0.6 is 11.6 Å². The molecule has 2 rings (SSSR count). The summed E-state index contributed by atoms with van der Waals surface area (Å²) in [5, 5.41) is 8.44. The predicted molar refractivity (Wildman–Crippen MR) is 90.4 cm³/mol. The number of para-hydroxylation sites is 1. The lowest BCUT2D eigenvalue weighted by Crippen LogP contribution is -2.47. The number of amidine groups is 1. The number of anilines is 1. The van der Waals surface area contributed by atoms with Crippen LogP contribution in [0.4, 0.5) is 5.69 Å². The van der Waals surface area contributed by atoms with Gasteiger partial charge in [-0.2, -0.15) is 0 Å². The van der Waals surface area contributed by atoms with Crippen molar-refractivity contribution in [1.82, 2.24) is 4.90 Å². The lowest BCUT2D eigenvalue weighted by molar-refractivity contribution is 0.232. The summed E-state index contributed by atoms with van der Waals surface area (Å²) in [5.74, 6) is 0.275. The maximum atomic E-state index is 7.62. The van der Waals surface area contributed by atoms with Crippen molar-refractivity contribution in [2.75, 3.05) is 37.6 Å². The Hall–Kier alpha value is -1.26. The van der Waals surface area contributed by atoms with Gasteiger partial charge in [-0.3, -0.25) is 10.3 Å². The van der Waals surface area contributed by atoms with E-state index in [4.69, 9.17) is 22.7 Å². The third kappa shape index (κ3) is 4.11. The second kappa shape index (κ2) is 6.67. The maximum Gasteiger partial charge on any atom is 0.0963 e. The quantitative estimate of drug-likeness (QED) is 0.649. The Bertz CT molecular complexity index is 493. The van der Waals surface area contributed by atoms with E-state index in [9.17, 15) is 0 Å². The molecule has 4 nitrogen and oxygen atoms in total. The summed E-state index contributed by atoms with van der Waals surface area (Å²) in [6.07, 6.45) is 0.925. The molecule has 1 heterocycles. The largest absolute Gasteiger partial charge is 0.387 e. The summed E-state index contributed by atoms with van der Waals surface area (Å²) in [4.78, 5) is 4.78. The van der Waals surface area contributed by atoms with Crippen LogP contribution in [0, 0.1) is 10.8 Å². The molecule has 3 N–H and O–H groups in total. The zero-order valence-corrected chi connectivity index (χ0v) is 13.7. The van der Waals surface area contributed by atoms with Gasteiger partial charge in [0.15, 0.2) is 0 Å². The lowest BCUT2D eigenvalue weighted by Gasteiger charge is -2.37. The number of piperazine rings is 1. The normalized spacial score (nSPS) is 17.0. The van der Waals surface area contributed by atoms with Gasteiger partial charge in [0.25, 0.3) is 0 Å². The van der Waals surface area contributed by atoms with Crippen LogP contribution in [-0.2, 0) is 0 Å². The van der Waals surface area contributed by atoms with E-state index in [1.54, 1.807) is 0 Å². The maximum absolute atomic E-state index is 7.62. The summed E-state index contributed by atoms with van der Waals surface area (Å²) in [6.45, 7) is 9.10. The number of halogens is 1. The molecule has 0 unspecified atom stereocenters. The van der Waals surface area contributed by atoms with Crippen LogP contribution < -0.4 is 10.6 Å². The Morgan fingerprint density at radius 2 is 1.86 bits per heavy atom. The Morgan fingerprint density at radius 3 is 2.43 bits per heavy atom. The number of rotatable bonds is 5. The number of hydrogen-bond donors (Lipinski definition) is 2. The van der Waals surface area contributed by atoms with Crippen molar-refractivity contribution in [3.05, 3.63) is 29.3 Å². The molecule has 116 valence electrons. The Balaban J connectivity index is 1.84. The molecule has 0 bridgehead atoms. The predicted octanol–water partition coefficient (Wildman–Crippen LogP) is 2.81. The van der Waals surface area contributed by atoms with Crippen molar-refractivity contribution >= 4 is 23.1 Å². The van der Waals surface area contributed by atoms with Gasteiger partial charge in [-0.25, -0.2) is 0 Å².